The zero-order chi connectivity index (χ0) is 17.1. The number of halogens is 1. The average Bonchev–Trinajstić information content (AvgIpc) is 2.58. The van der Waals surface area contributed by atoms with Crippen LogP contribution in [0.5, 0.6) is 0 Å². The third-order valence-corrected chi connectivity index (χ3v) is 4.24. The highest BCUT2D eigenvalue weighted by molar-refractivity contribution is 6.31. The topological polar surface area (TPSA) is 66.5 Å². The molecule has 0 fully saturated rings. The van der Waals surface area contributed by atoms with E-state index in [9.17, 15) is 14.4 Å². The van der Waals surface area contributed by atoms with Gasteiger partial charge in [0.2, 0.25) is 11.8 Å². The SMILES string of the molecule is O=C(CN1C(=O)Cc2ccccc2C1=O)NCc1ccccc1Cl. The van der Waals surface area contributed by atoms with E-state index in [4.69, 9.17) is 11.6 Å². The number of carbonyl (C=O) groups is 3. The molecule has 0 saturated heterocycles. The van der Waals surface area contributed by atoms with Crippen LogP contribution in [0, 0.1) is 0 Å². The highest BCUT2D eigenvalue weighted by Gasteiger charge is 2.31. The molecule has 6 heteroatoms. The van der Waals surface area contributed by atoms with Crippen LogP contribution in [-0.4, -0.2) is 29.2 Å². The van der Waals surface area contributed by atoms with Crippen molar-refractivity contribution >= 4 is 29.3 Å². The van der Waals surface area contributed by atoms with Crippen LogP contribution in [0.1, 0.15) is 21.5 Å². The summed E-state index contributed by atoms with van der Waals surface area (Å²) in [5.74, 6) is -1.21. The first kappa shape index (κ1) is 16.2. The van der Waals surface area contributed by atoms with E-state index in [0.29, 0.717) is 16.1 Å². The molecule has 0 bridgehead atoms. The number of hydrogen-bond acceptors (Lipinski definition) is 3. The van der Waals surface area contributed by atoms with Gasteiger partial charge in [0.25, 0.3) is 5.91 Å². The van der Waals surface area contributed by atoms with Gasteiger partial charge >= 0.3 is 0 Å². The number of amides is 3. The fourth-order valence-electron chi connectivity index (χ4n) is 2.60. The number of rotatable bonds is 4. The van der Waals surface area contributed by atoms with Gasteiger partial charge in [-0.25, -0.2) is 0 Å². The van der Waals surface area contributed by atoms with Crippen LogP contribution < -0.4 is 5.32 Å². The first-order valence-electron chi connectivity index (χ1n) is 7.49. The van der Waals surface area contributed by atoms with E-state index in [2.05, 4.69) is 5.32 Å². The molecule has 0 unspecified atom stereocenters. The standard InChI is InChI=1S/C18H15ClN2O3/c19-15-8-4-2-6-13(15)10-20-16(22)11-21-17(23)9-12-5-1-3-7-14(12)18(21)24/h1-8H,9-11H2,(H,20,22). The third kappa shape index (κ3) is 3.31. The Hall–Kier alpha value is -2.66. The van der Waals surface area contributed by atoms with Gasteiger partial charge in [-0.1, -0.05) is 48.0 Å². The lowest BCUT2D eigenvalue weighted by Gasteiger charge is -2.26. The molecule has 24 heavy (non-hydrogen) atoms. The summed E-state index contributed by atoms with van der Waals surface area (Å²) in [6.45, 7) is -0.0538. The van der Waals surface area contributed by atoms with Gasteiger partial charge < -0.3 is 5.32 Å². The number of nitrogens with zero attached hydrogens (tertiary/aromatic N) is 1. The van der Waals surface area contributed by atoms with Crippen molar-refractivity contribution in [3.63, 3.8) is 0 Å². The van der Waals surface area contributed by atoms with E-state index in [1.807, 2.05) is 6.07 Å². The Morgan fingerprint density at radius 2 is 1.79 bits per heavy atom. The summed E-state index contributed by atoms with van der Waals surface area (Å²) in [4.78, 5) is 37.6. The minimum absolute atomic E-state index is 0.125. The summed E-state index contributed by atoms with van der Waals surface area (Å²) in [5, 5.41) is 3.24. The lowest BCUT2D eigenvalue weighted by molar-refractivity contribution is -0.133. The Balaban J connectivity index is 1.65. The summed E-state index contributed by atoms with van der Waals surface area (Å²) in [5.41, 5.74) is 1.94. The van der Waals surface area contributed by atoms with Crippen molar-refractivity contribution in [2.75, 3.05) is 6.54 Å². The van der Waals surface area contributed by atoms with Gasteiger partial charge in [0.15, 0.2) is 0 Å². The van der Waals surface area contributed by atoms with Crippen molar-refractivity contribution in [3.05, 3.63) is 70.2 Å². The van der Waals surface area contributed by atoms with Gasteiger partial charge in [0.1, 0.15) is 6.54 Å². The van der Waals surface area contributed by atoms with E-state index >= 15 is 0 Å². The largest absolute Gasteiger partial charge is 0.350 e. The second kappa shape index (κ2) is 6.84. The average molecular weight is 343 g/mol. The quantitative estimate of drug-likeness (QED) is 0.866. The molecule has 2 aromatic carbocycles. The van der Waals surface area contributed by atoms with Crippen molar-refractivity contribution in [3.8, 4) is 0 Å². The van der Waals surface area contributed by atoms with E-state index in [0.717, 1.165) is 10.5 Å². The molecule has 1 aliphatic heterocycles. The Morgan fingerprint density at radius 3 is 2.58 bits per heavy atom. The van der Waals surface area contributed by atoms with Crippen molar-refractivity contribution in [1.82, 2.24) is 10.2 Å². The van der Waals surface area contributed by atoms with Crippen LogP contribution in [0.25, 0.3) is 0 Å². The zero-order valence-corrected chi connectivity index (χ0v) is 13.5. The van der Waals surface area contributed by atoms with Crippen molar-refractivity contribution in [2.45, 2.75) is 13.0 Å². The van der Waals surface area contributed by atoms with Crippen LogP contribution >= 0.6 is 11.6 Å². The maximum Gasteiger partial charge on any atom is 0.261 e. The van der Waals surface area contributed by atoms with E-state index in [1.165, 1.54) is 0 Å². The number of fused-ring (bicyclic) bond motifs is 1. The lowest BCUT2D eigenvalue weighted by atomic mass is 9.98. The number of carbonyl (C=O) groups excluding carboxylic acids is 3. The number of benzene rings is 2. The zero-order valence-electron chi connectivity index (χ0n) is 12.8. The fourth-order valence-corrected chi connectivity index (χ4v) is 2.80. The van der Waals surface area contributed by atoms with Gasteiger partial charge in [-0.2, -0.15) is 0 Å². The van der Waals surface area contributed by atoms with Gasteiger partial charge in [-0.3, -0.25) is 19.3 Å². The second-order valence-corrected chi connectivity index (χ2v) is 5.89. The number of nitrogens with one attached hydrogen (secondary N) is 1. The lowest BCUT2D eigenvalue weighted by Crippen LogP contribution is -2.47. The number of hydrogen-bond donors (Lipinski definition) is 1. The number of imide groups is 1. The van der Waals surface area contributed by atoms with Crippen molar-refractivity contribution in [1.29, 1.82) is 0 Å². The molecular formula is C18H15ClN2O3. The minimum Gasteiger partial charge on any atom is -0.350 e. The Labute approximate surface area is 144 Å². The van der Waals surface area contributed by atoms with E-state index in [1.54, 1.807) is 42.5 Å². The van der Waals surface area contributed by atoms with Gasteiger partial charge in [-0.05, 0) is 23.3 Å². The molecule has 0 spiro atoms. The van der Waals surface area contributed by atoms with Crippen LogP contribution in [0.3, 0.4) is 0 Å². The molecule has 122 valence electrons. The smallest absolute Gasteiger partial charge is 0.261 e. The second-order valence-electron chi connectivity index (χ2n) is 5.49. The summed E-state index contributed by atoms with van der Waals surface area (Å²) in [7, 11) is 0. The highest BCUT2D eigenvalue weighted by Crippen LogP contribution is 2.19. The fraction of sp³-hybridized carbons (Fsp3) is 0.167. The van der Waals surface area contributed by atoms with E-state index in [-0.39, 0.29) is 25.4 Å². The summed E-state index contributed by atoms with van der Waals surface area (Å²) in [6, 6.07) is 14.1. The molecule has 0 saturated carbocycles. The van der Waals surface area contributed by atoms with Crippen LogP contribution in [0.2, 0.25) is 5.02 Å². The van der Waals surface area contributed by atoms with Gasteiger partial charge in [-0.15, -0.1) is 0 Å². The molecule has 0 aromatic heterocycles. The molecular weight excluding hydrogens is 328 g/mol. The summed E-state index contributed by atoms with van der Waals surface area (Å²) >= 11 is 6.03. The van der Waals surface area contributed by atoms with Gasteiger partial charge in [0, 0.05) is 17.1 Å². The van der Waals surface area contributed by atoms with E-state index < -0.39 is 11.8 Å². The predicted molar refractivity (Wildman–Crippen MR) is 89.5 cm³/mol. The normalized spacial score (nSPS) is 13.6. The first-order valence-corrected chi connectivity index (χ1v) is 7.87. The molecule has 1 heterocycles. The molecule has 3 rings (SSSR count). The van der Waals surface area contributed by atoms with Crippen molar-refractivity contribution in [2.24, 2.45) is 0 Å². The molecule has 2 aromatic rings. The molecule has 0 atom stereocenters. The maximum absolute atomic E-state index is 12.4. The summed E-state index contributed by atoms with van der Waals surface area (Å²) < 4.78 is 0. The molecule has 1 N–H and O–H groups in total. The third-order valence-electron chi connectivity index (χ3n) is 3.87. The summed E-state index contributed by atoms with van der Waals surface area (Å²) in [6.07, 6.45) is 0.125. The van der Waals surface area contributed by atoms with Crippen LogP contribution in [0.15, 0.2) is 48.5 Å². The molecule has 0 radical (unpaired) electrons. The monoisotopic (exact) mass is 342 g/mol. The first-order chi connectivity index (χ1) is 11.6. The Morgan fingerprint density at radius 1 is 1.08 bits per heavy atom. The van der Waals surface area contributed by atoms with Crippen molar-refractivity contribution < 1.29 is 14.4 Å². The minimum atomic E-state index is -0.435. The maximum atomic E-state index is 12.4. The molecule has 5 nitrogen and oxygen atoms in total. The van der Waals surface area contributed by atoms with Gasteiger partial charge in [0.05, 0.1) is 6.42 Å². The predicted octanol–water partition coefficient (Wildman–Crippen LogP) is 2.18. The Bertz CT molecular complexity index is 819. The highest BCUT2D eigenvalue weighted by atomic mass is 35.5. The van der Waals surface area contributed by atoms with Crippen LogP contribution in [-0.2, 0) is 22.6 Å². The molecule has 3 amide bonds. The van der Waals surface area contributed by atoms with Crippen LogP contribution in [0.4, 0.5) is 0 Å². The molecule has 0 aliphatic carbocycles. The Kier molecular flexibility index (Phi) is 4.62. The molecule has 1 aliphatic rings.